The first kappa shape index (κ1) is 18.2. The van der Waals surface area contributed by atoms with Crippen LogP contribution in [0.5, 0.6) is 0 Å². The number of amides is 1. The number of aromatic nitrogens is 5. The Balaban J connectivity index is 1.62. The second kappa shape index (κ2) is 7.77. The summed E-state index contributed by atoms with van der Waals surface area (Å²) in [5, 5.41) is 4.36. The third-order valence-corrected chi connectivity index (χ3v) is 4.61. The lowest BCUT2D eigenvalue weighted by atomic mass is 10.1. The molecule has 9 heteroatoms. The summed E-state index contributed by atoms with van der Waals surface area (Å²) in [7, 11) is 0. The Morgan fingerprint density at radius 2 is 1.96 bits per heavy atom. The number of carbonyl (C=O) groups is 1. The van der Waals surface area contributed by atoms with Crippen LogP contribution in [0.4, 0.5) is 5.82 Å². The number of hydrogen-bond donors (Lipinski definition) is 1. The van der Waals surface area contributed by atoms with Crippen LogP contribution in [0.2, 0.25) is 0 Å². The van der Waals surface area contributed by atoms with Crippen molar-refractivity contribution in [1.82, 2.24) is 29.6 Å². The van der Waals surface area contributed by atoms with Gasteiger partial charge in [-0.15, -0.1) is 0 Å². The highest BCUT2D eigenvalue weighted by Gasteiger charge is 2.25. The van der Waals surface area contributed by atoms with Crippen molar-refractivity contribution in [2.75, 3.05) is 31.1 Å². The minimum atomic E-state index is -0.238. The van der Waals surface area contributed by atoms with Crippen LogP contribution < -0.4 is 10.6 Å². The van der Waals surface area contributed by atoms with E-state index in [4.69, 9.17) is 5.73 Å². The average molecular weight is 358 g/mol. The Labute approximate surface area is 153 Å². The van der Waals surface area contributed by atoms with Crippen LogP contribution in [0.3, 0.4) is 0 Å². The topological polar surface area (TPSA) is 106 Å². The second-order valence-corrected chi connectivity index (χ2v) is 6.88. The molecule has 0 aromatic carbocycles. The summed E-state index contributed by atoms with van der Waals surface area (Å²) in [6.45, 7) is 8.82. The van der Waals surface area contributed by atoms with E-state index in [9.17, 15) is 4.79 Å². The first-order chi connectivity index (χ1) is 12.5. The molecule has 1 fully saturated rings. The van der Waals surface area contributed by atoms with E-state index in [0.29, 0.717) is 24.7 Å². The van der Waals surface area contributed by atoms with E-state index in [1.807, 2.05) is 25.7 Å². The maximum Gasteiger partial charge on any atom is 0.244 e. The number of carbonyl (C=O) groups excluding carboxylic acids is 1. The number of piperazine rings is 1. The first-order valence-corrected chi connectivity index (χ1v) is 8.91. The minimum Gasteiger partial charge on any atom is -0.352 e. The number of rotatable bonds is 5. The maximum absolute atomic E-state index is 12.7. The van der Waals surface area contributed by atoms with Gasteiger partial charge in [0.05, 0.1) is 12.2 Å². The summed E-state index contributed by atoms with van der Waals surface area (Å²) in [6, 6.07) is -0.238. The zero-order valence-electron chi connectivity index (χ0n) is 15.5. The van der Waals surface area contributed by atoms with E-state index >= 15 is 0 Å². The molecule has 1 amide bonds. The molecule has 0 aliphatic carbocycles. The number of hydrogen-bond acceptors (Lipinski definition) is 7. The van der Waals surface area contributed by atoms with Gasteiger partial charge in [-0.25, -0.2) is 14.6 Å². The van der Waals surface area contributed by atoms with Gasteiger partial charge in [-0.05, 0) is 12.8 Å². The molecular weight excluding hydrogens is 332 g/mol. The van der Waals surface area contributed by atoms with Gasteiger partial charge in [-0.3, -0.25) is 9.78 Å². The fourth-order valence-corrected chi connectivity index (χ4v) is 3.00. The molecule has 0 saturated carbocycles. The Morgan fingerprint density at radius 3 is 2.58 bits per heavy atom. The molecule has 0 unspecified atom stereocenters. The number of nitrogens with two attached hydrogens (primary N) is 1. The lowest BCUT2D eigenvalue weighted by Gasteiger charge is -2.35. The zero-order chi connectivity index (χ0) is 18.7. The molecular formula is C17H26N8O. The van der Waals surface area contributed by atoms with E-state index in [1.165, 1.54) is 0 Å². The molecule has 9 nitrogen and oxygen atoms in total. The van der Waals surface area contributed by atoms with E-state index in [0.717, 1.165) is 18.9 Å². The third kappa shape index (κ3) is 3.98. The highest BCUT2D eigenvalue weighted by molar-refractivity contribution is 5.76. The van der Waals surface area contributed by atoms with Crippen molar-refractivity contribution < 1.29 is 4.79 Å². The van der Waals surface area contributed by atoms with Gasteiger partial charge in [0, 0.05) is 38.6 Å². The van der Waals surface area contributed by atoms with E-state index in [2.05, 4.69) is 25.0 Å². The Hall–Kier alpha value is -2.55. The fraction of sp³-hybridized carbons (Fsp3) is 0.588. The van der Waals surface area contributed by atoms with Gasteiger partial charge in [0.2, 0.25) is 5.91 Å². The molecule has 3 rings (SSSR count). The van der Waals surface area contributed by atoms with Gasteiger partial charge in [0.1, 0.15) is 24.0 Å². The second-order valence-electron chi connectivity index (χ2n) is 6.88. The Bertz CT molecular complexity index is 736. The van der Waals surface area contributed by atoms with Gasteiger partial charge in [-0.2, -0.15) is 5.10 Å². The standard InChI is InChI=1S/C17H26N8O/c1-12(2)16(18)17-21-13(3)22-25(17)11-15(26)24-8-6-23(7-9-24)14-10-19-4-5-20-14/h4-5,10,12,16H,6-9,11,18H2,1-3H3/t16-/m0/s1. The minimum absolute atomic E-state index is 0.0332. The molecule has 0 bridgehead atoms. The maximum atomic E-state index is 12.7. The van der Waals surface area contributed by atoms with Crippen LogP contribution >= 0.6 is 0 Å². The molecule has 1 aliphatic rings. The normalized spacial score (nSPS) is 16.2. The molecule has 2 aromatic rings. The average Bonchev–Trinajstić information content (AvgIpc) is 3.01. The molecule has 26 heavy (non-hydrogen) atoms. The SMILES string of the molecule is Cc1nc([C@@H](N)C(C)C)n(CC(=O)N2CCN(c3cnccn3)CC2)n1. The largest absolute Gasteiger partial charge is 0.352 e. The van der Waals surface area contributed by atoms with Crippen molar-refractivity contribution >= 4 is 11.7 Å². The van der Waals surface area contributed by atoms with Crippen LogP contribution in [0.1, 0.15) is 31.5 Å². The molecule has 1 aliphatic heterocycles. The number of nitrogens with zero attached hydrogens (tertiary/aromatic N) is 7. The summed E-state index contributed by atoms with van der Waals surface area (Å²) in [6.07, 6.45) is 5.08. The summed E-state index contributed by atoms with van der Waals surface area (Å²) >= 11 is 0. The van der Waals surface area contributed by atoms with Crippen molar-refractivity contribution in [2.45, 2.75) is 33.4 Å². The van der Waals surface area contributed by atoms with Crippen molar-refractivity contribution in [3.05, 3.63) is 30.2 Å². The van der Waals surface area contributed by atoms with Crippen LogP contribution in [0.25, 0.3) is 0 Å². The smallest absolute Gasteiger partial charge is 0.244 e. The highest BCUT2D eigenvalue weighted by atomic mass is 16.2. The van der Waals surface area contributed by atoms with Crippen LogP contribution in [0.15, 0.2) is 18.6 Å². The van der Waals surface area contributed by atoms with Crippen molar-refractivity contribution in [3.63, 3.8) is 0 Å². The van der Waals surface area contributed by atoms with E-state index < -0.39 is 0 Å². The monoisotopic (exact) mass is 358 g/mol. The van der Waals surface area contributed by atoms with Gasteiger partial charge in [0.15, 0.2) is 0 Å². The summed E-state index contributed by atoms with van der Waals surface area (Å²) in [5.74, 6) is 2.41. The summed E-state index contributed by atoms with van der Waals surface area (Å²) in [5.41, 5.74) is 6.22. The van der Waals surface area contributed by atoms with E-state index in [-0.39, 0.29) is 24.4 Å². The van der Waals surface area contributed by atoms with E-state index in [1.54, 1.807) is 23.3 Å². The molecule has 140 valence electrons. The quantitative estimate of drug-likeness (QED) is 0.823. The van der Waals surface area contributed by atoms with Crippen molar-refractivity contribution in [2.24, 2.45) is 11.7 Å². The first-order valence-electron chi connectivity index (χ1n) is 8.91. The molecule has 0 spiro atoms. The fourth-order valence-electron chi connectivity index (χ4n) is 3.00. The molecule has 2 N–H and O–H groups in total. The van der Waals surface area contributed by atoms with Crippen molar-refractivity contribution in [1.29, 1.82) is 0 Å². The van der Waals surface area contributed by atoms with Crippen LogP contribution in [-0.4, -0.2) is 61.7 Å². The Kier molecular flexibility index (Phi) is 5.46. The number of anilines is 1. The Morgan fingerprint density at radius 1 is 1.23 bits per heavy atom. The van der Waals surface area contributed by atoms with Gasteiger partial charge < -0.3 is 15.5 Å². The highest BCUT2D eigenvalue weighted by Crippen LogP contribution is 2.18. The summed E-state index contributed by atoms with van der Waals surface area (Å²) < 4.78 is 1.65. The van der Waals surface area contributed by atoms with Crippen molar-refractivity contribution in [3.8, 4) is 0 Å². The van der Waals surface area contributed by atoms with Gasteiger partial charge in [0.25, 0.3) is 0 Å². The third-order valence-electron chi connectivity index (χ3n) is 4.61. The van der Waals surface area contributed by atoms with Gasteiger partial charge in [-0.1, -0.05) is 13.8 Å². The lowest BCUT2D eigenvalue weighted by Crippen LogP contribution is -2.50. The van der Waals surface area contributed by atoms with Crippen LogP contribution in [0, 0.1) is 12.8 Å². The predicted octanol–water partition coefficient (Wildman–Crippen LogP) is 0.381. The molecule has 1 saturated heterocycles. The predicted molar refractivity (Wildman–Crippen MR) is 97.4 cm³/mol. The van der Waals surface area contributed by atoms with Gasteiger partial charge >= 0.3 is 0 Å². The molecule has 0 radical (unpaired) electrons. The lowest BCUT2D eigenvalue weighted by molar-refractivity contribution is -0.132. The molecule has 3 heterocycles. The molecule has 2 aromatic heterocycles. The molecule has 1 atom stereocenters. The van der Waals surface area contributed by atoms with Crippen LogP contribution in [-0.2, 0) is 11.3 Å². The summed E-state index contributed by atoms with van der Waals surface area (Å²) in [4.78, 5) is 29.5. The number of aryl methyl sites for hydroxylation is 1. The zero-order valence-corrected chi connectivity index (χ0v) is 15.5.